The van der Waals surface area contributed by atoms with Crippen molar-refractivity contribution in [1.29, 1.82) is 0 Å². The van der Waals surface area contributed by atoms with Crippen molar-refractivity contribution in [3.05, 3.63) is 48.4 Å². The Bertz CT molecular complexity index is 488. The molecular weight excluding hydrogens is 279 g/mol. The Hall–Kier alpha value is -0.760. The quantitative estimate of drug-likeness (QED) is 0.653. The van der Waals surface area contributed by atoms with Gasteiger partial charge in [-0.25, -0.2) is 4.39 Å². The van der Waals surface area contributed by atoms with Crippen LogP contribution < -0.4 is 0 Å². The van der Waals surface area contributed by atoms with Crippen LogP contribution in [0.15, 0.2) is 48.4 Å². The van der Waals surface area contributed by atoms with Crippen LogP contribution >= 0.6 is 12.6 Å². The second-order valence-corrected chi connectivity index (χ2v) is 7.51. The molecule has 2 heteroatoms. The molecule has 0 saturated heterocycles. The summed E-state index contributed by atoms with van der Waals surface area (Å²) in [5.74, 6) is 2.63. The van der Waals surface area contributed by atoms with Gasteiger partial charge in [0.25, 0.3) is 0 Å². The number of fused-ring (bicyclic) bond motifs is 2. The molecule has 3 aliphatic rings. The predicted octanol–water partition coefficient (Wildman–Crippen LogP) is 5.51. The molecule has 0 heterocycles. The van der Waals surface area contributed by atoms with Crippen LogP contribution in [0.3, 0.4) is 0 Å². The number of hydrogen-bond acceptors (Lipinski definition) is 1. The van der Waals surface area contributed by atoms with Crippen molar-refractivity contribution in [1.82, 2.24) is 0 Å². The van der Waals surface area contributed by atoms with E-state index in [0.29, 0.717) is 34.8 Å². The first kappa shape index (κ1) is 15.1. The van der Waals surface area contributed by atoms with Crippen LogP contribution in [0.1, 0.15) is 32.6 Å². The van der Waals surface area contributed by atoms with Crippen molar-refractivity contribution < 1.29 is 4.39 Å². The molecule has 0 bridgehead atoms. The highest BCUT2D eigenvalue weighted by Crippen LogP contribution is 2.46. The normalized spacial score (nSPS) is 39.2. The van der Waals surface area contributed by atoms with Gasteiger partial charge in [0.1, 0.15) is 5.83 Å². The highest BCUT2D eigenvalue weighted by Gasteiger charge is 2.37. The zero-order valence-corrected chi connectivity index (χ0v) is 13.6. The first-order valence-corrected chi connectivity index (χ1v) is 8.77. The minimum absolute atomic E-state index is 0.0520. The molecule has 21 heavy (non-hydrogen) atoms. The Morgan fingerprint density at radius 3 is 2.76 bits per heavy atom. The Morgan fingerprint density at radius 2 is 1.95 bits per heavy atom. The molecule has 0 N–H and O–H groups in total. The zero-order valence-electron chi connectivity index (χ0n) is 12.7. The molecule has 0 amide bonds. The molecule has 114 valence electrons. The van der Waals surface area contributed by atoms with Crippen LogP contribution in [-0.4, -0.2) is 5.25 Å². The fourth-order valence-electron chi connectivity index (χ4n) is 4.24. The smallest absolute Gasteiger partial charge is 0.119 e. The fraction of sp³-hybridized carbons (Fsp3) is 0.579. The van der Waals surface area contributed by atoms with Gasteiger partial charge in [0.05, 0.1) is 0 Å². The van der Waals surface area contributed by atoms with E-state index in [1.54, 1.807) is 6.08 Å². The Kier molecular flexibility index (Phi) is 4.73. The van der Waals surface area contributed by atoms with Gasteiger partial charge in [-0.15, -0.1) is 0 Å². The van der Waals surface area contributed by atoms with Crippen LogP contribution in [0.2, 0.25) is 0 Å². The third-order valence-electron chi connectivity index (χ3n) is 5.43. The molecule has 0 radical (unpaired) electrons. The minimum atomic E-state index is -0.0520. The maximum atomic E-state index is 13.6. The highest BCUT2D eigenvalue weighted by atomic mass is 32.1. The number of hydrogen-bond donors (Lipinski definition) is 1. The van der Waals surface area contributed by atoms with Crippen LogP contribution in [-0.2, 0) is 0 Å². The Morgan fingerprint density at radius 1 is 1.14 bits per heavy atom. The molecule has 0 spiro atoms. The van der Waals surface area contributed by atoms with Gasteiger partial charge in [0, 0.05) is 5.25 Å². The van der Waals surface area contributed by atoms with E-state index in [1.807, 2.05) is 6.08 Å². The molecule has 1 saturated carbocycles. The Balaban J connectivity index is 1.85. The molecular formula is C19H25FS. The molecule has 0 aliphatic heterocycles. The maximum absolute atomic E-state index is 13.6. The second-order valence-electron chi connectivity index (χ2n) is 6.78. The van der Waals surface area contributed by atoms with E-state index in [2.05, 4.69) is 37.3 Å². The van der Waals surface area contributed by atoms with Crippen molar-refractivity contribution in [2.24, 2.45) is 29.6 Å². The lowest BCUT2D eigenvalue weighted by Crippen LogP contribution is -2.23. The number of halogens is 1. The monoisotopic (exact) mass is 304 g/mol. The van der Waals surface area contributed by atoms with Crippen molar-refractivity contribution in [2.45, 2.75) is 37.9 Å². The molecule has 0 nitrogen and oxygen atoms in total. The summed E-state index contributed by atoms with van der Waals surface area (Å²) in [6.07, 6.45) is 19.2. The van der Waals surface area contributed by atoms with Crippen LogP contribution in [0.25, 0.3) is 0 Å². The van der Waals surface area contributed by atoms with E-state index in [-0.39, 0.29) is 5.83 Å². The van der Waals surface area contributed by atoms with E-state index in [4.69, 9.17) is 12.6 Å². The molecule has 3 rings (SSSR count). The zero-order chi connectivity index (χ0) is 14.8. The molecule has 6 atom stereocenters. The number of allylic oxidation sites excluding steroid dienone is 8. The summed E-state index contributed by atoms with van der Waals surface area (Å²) in [6.45, 7) is 2.20. The van der Waals surface area contributed by atoms with Crippen molar-refractivity contribution >= 4 is 12.6 Å². The molecule has 0 aromatic rings. The SMILES string of the molecule is CC[C@@H](S)C[C@H]1CC2C=C(F)C=CC2CC2C=CC=CC21. The second kappa shape index (κ2) is 6.56. The topological polar surface area (TPSA) is 0 Å². The third-order valence-corrected chi connectivity index (χ3v) is 6.01. The van der Waals surface area contributed by atoms with Gasteiger partial charge in [-0.1, -0.05) is 37.3 Å². The van der Waals surface area contributed by atoms with Gasteiger partial charge in [0.2, 0.25) is 0 Å². The van der Waals surface area contributed by atoms with Gasteiger partial charge < -0.3 is 0 Å². The lowest BCUT2D eigenvalue weighted by atomic mass is 9.75. The minimum Gasteiger partial charge on any atom is -0.207 e. The predicted molar refractivity (Wildman–Crippen MR) is 91.0 cm³/mol. The van der Waals surface area contributed by atoms with Gasteiger partial charge in [-0.05, 0) is 67.4 Å². The van der Waals surface area contributed by atoms with E-state index in [0.717, 1.165) is 25.7 Å². The van der Waals surface area contributed by atoms with E-state index < -0.39 is 0 Å². The summed E-state index contributed by atoms with van der Waals surface area (Å²) in [6, 6.07) is 0. The van der Waals surface area contributed by atoms with Gasteiger partial charge in [-0.3, -0.25) is 0 Å². The van der Waals surface area contributed by atoms with Gasteiger partial charge in [-0.2, -0.15) is 12.6 Å². The molecule has 3 aliphatic carbocycles. The van der Waals surface area contributed by atoms with Crippen LogP contribution in [0.4, 0.5) is 4.39 Å². The van der Waals surface area contributed by atoms with Crippen molar-refractivity contribution in [3.63, 3.8) is 0 Å². The fourth-order valence-corrected chi connectivity index (χ4v) is 4.51. The molecule has 0 aromatic heterocycles. The first-order valence-electron chi connectivity index (χ1n) is 8.26. The average Bonchev–Trinajstić information content (AvgIpc) is 2.63. The summed E-state index contributed by atoms with van der Waals surface area (Å²) in [5.41, 5.74) is 0. The van der Waals surface area contributed by atoms with Crippen LogP contribution in [0, 0.1) is 29.6 Å². The largest absolute Gasteiger partial charge is 0.207 e. The molecule has 0 aromatic carbocycles. The van der Waals surface area contributed by atoms with E-state index in [1.165, 1.54) is 0 Å². The number of rotatable bonds is 3. The maximum Gasteiger partial charge on any atom is 0.119 e. The lowest BCUT2D eigenvalue weighted by molar-refractivity contribution is 0.290. The summed E-state index contributed by atoms with van der Waals surface area (Å²) in [5, 5.41) is 0.458. The van der Waals surface area contributed by atoms with E-state index >= 15 is 0 Å². The van der Waals surface area contributed by atoms with Gasteiger partial charge >= 0.3 is 0 Å². The third kappa shape index (κ3) is 3.36. The molecule has 4 unspecified atom stereocenters. The first-order chi connectivity index (χ1) is 10.2. The molecule has 1 fully saturated rings. The van der Waals surface area contributed by atoms with Crippen LogP contribution in [0.5, 0.6) is 0 Å². The summed E-state index contributed by atoms with van der Waals surface area (Å²) in [7, 11) is 0. The van der Waals surface area contributed by atoms with Gasteiger partial charge in [0.15, 0.2) is 0 Å². The summed E-state index contributed by atoms with van der Waals surface area (Å²) in [4.78, 5) is 0. The Labute approximate surface area is 133 Å². The average molecular weight is 304 g/mol. The summed E-state index contributed by atoms with van der Waals surface area (Å²) < 4.78 is 13.6. The van der Waals surface area contributed by atoms with Crippen molar-refractivity contribution in [3.8, 4) is 0 Å². The standard InChI is InChI=1S/C19H25FS/c1-2-18(21)12-16-10-15-11-17(20)8-7-13(15)9-14-5-3-4-6-19(14)16/h3-8,11,13-16,18-19,21H,2,9-10,12H2,1H3/t13?,14?,15?,16-,18-,19?/m1/s1. The number of thiol groups is 1. The lowest BCUT2D eigenvalue weighted by Gasteiger charge is -2.31. The summed E-state index contributed by atoms with van der Waals surface area (Å²) >= 11 is 4.72. The van der Waals surface area contributed by atoms with E-state index in [9.17, 15) is 4.39 Å². The van der Waals surface area contributed by atoms with Crippen molar-refractivity contribution in [2.75, 3.05) is 0 Å². The highest BCUT2D eigenvalue weighted by molar-refractivity contribution is 7.80.